The van der Waals surface area contributed by atoms with Crippen molar-refractivity contribution >= 4 is 46.5 Å². The molecule has 0 aliphatic carbocycles. The Bertz CT molecular complexity index is 1440. The molecule has 1 fully saturated rings. The second-order valence-corrected chi connectivity index (χ2v) is 11.0. The minimum Gasteiger partial charge on any atom is -0.490 e. The number of benzene rings is 2. The van der Waals surface area contributed by atoms with Crippen molar-refractivity contribution in [2.75, 3.05) is 52.5 Å². The monoisotopic (exact) mass is 653 g/mol. The molecule has 2 aliphatic rings. The Labute approximate surface area is 263 Å². The number of nitriles is 1. The van der Waals surface area contributed by atoms with E-state index in [2.05, 4.69) is 20.3 Å². The van der Waals surface area contributed by atoms with E-state index in [0.29, 0.717) is 29.4 Å². The van der Waals surface area contributed by atoms with Crippen LogP contribution in [0.5, 0.6) is 5.75 Å². The van der Waals surface area contributed by atoms with E-state index in [4.69, 9.17) is 27.9 Å². The standard InChI is InChI=1S/C29H32Cl2F3N7O3/c1-2-40(26(43)17-42)15-20-16-41(38-27(20)19-5-7-22(30)23(31)13-19)28(36-18-35)37-24-14-21(29(32,33)34)6-8-25(24)44-12-11-39-9-3-4-10-39/h5-8,13-14,20,42H,2-4,9-12,15-17H2,1H3,(H,36,37). The number of likely N-dealkylation sites (N-methyl/N-ethyl adjacent to an activating group) is 1. The van der Waals surface area contributed by atoms with E-state index in [0.717, 1.165) is 38.1 Å². The van der Waals surface area contributed by atoms with Crippen LogP contribution in [0.3, 0.4) is 0 Å². The Morgan fingerprint density at radius 2 is 1.98 bits per heavy atom. The molecule has 1 amide bonds. The highest BCUT2D eigenvalue weighted by Gasteiger charge is 2.34. The second-order valence-electron chi connectivity index (χ2n) is 10.2. The molecule has 44 heavy (non-hydrogen) atoms. The van der Waals surface area contributed by atoms with Gasteiger partial charge in [0.1, 0.15) is 24.7 Å². The Kier molecular flexibility index (Phi) is 11.3. The summed E-state index contributed by atoms with van der Waals surface area (Å²) in [7, 11) is 0. The van der Waals surface area contributed by atoms with E-state index < -0.39 is 30.2 Å². The minimum absolute atomic E-state index is 0.0996. The molecule has 1 atom stereocenters. The first kappa shape index (κ1) is 33.3. The molecule has 2 aromatic rings. The zero-order valence-electron chi connectivity index (χ0n) is 23.9. The van der Waals surface area contributed by atoms with Gasteiger partial charge in [-0.1, -0.05) is 29.3 Å². The first-order chi connectivity index (χ1) is 21.0. The second kappa shape index (κ2) is 14.9. The highest BCUT2D eigenvalue weighted by molar-refractivity contribution is 6.42. The van der Waals surface area contributed by atoms with Crippen LogP contribution in [0.2, 0.25) is 10.0 Å². The summed E-state index contributed by atoms with van der Waals surface area (Å²) in [6.45, 7) is 4.37. The first-order valence-electron chi connectivity index (χ1n) is 14.0. The summed E-state index contributed by atoms with van der Waals surface area (Å²) in [6, 6.07) is 7.89. The van der Waals surface area contributed by atoms with E-state index in [1.807, 2.05) is 0 Å². The average Bonchev–Trinajstić information content (AvgIpc) is 3.67. The lowest BCUT2D eigenvalue weighted by atomic mass is 9.97. The van der Waals surface area contributed by atoms with E-state index >= 15 is 0 Å². The first-order valence-corrected chi connectivity index (χ1v) is 14.8. The molecule has 2 aliphatic heterocycles. The third-order valence-electron chi connectivity index (χ3n) is 7.32. The molecule has 236 valence electrons. The van der Waals surface area contributed by atoms with E-state index in [1.54, 1.807) is 31.3 Å². The lowest BCUT2D eigenvalue weighted by molar-refractivity contribution is -0.137. The molecule has 1 unspecified atom stereocenters. The normalized spacial score (nSPS) is 17.4. The van der Waals surface area contributed by atoms with Crippen LogP contribution in [0.15, 0.2) is 46.5 Å². The number of carbonyl (C=O) groups is 1. The summed E-state index contributed by atoms with van der Waals surface area (Å²) < 4.78 is 46.9. The number of amides is 1. The fraction of sp³-hybridized carbons (Fsp3) is 0.448. The third kappa shape index (κ3) is 8.32. The quantitative estimate of drug-likeness (QED) is 0.165. The fourth-order valence-corrected chi connectivity index (χ4v) is 5.35. The van der Waals surface area contributed by atoms with Crippen molar-refractivity contribution in [2.24, 2.45) is 16.0 Å². The number of ether oxygens (including phenoxy) is 1. The van der Waals surface area contributed by atoms with Crippen molar-refractivity contribution < 1.29 is 27.8 Å². The molecule has 2 aromatic carbocycles. The van der Waals surface area contributed by atoms with Crippen molar-refractivity contribution in [1.29, 1.82) is 5.26 Å². The molecular weight excluding hydrogens is 622 g/mol. The fourth-order valence-electron chi connectivity index (χ4n) is 5.06. The number of hydrazone groups is 1. The average molecular weight is 655 g/mol. The maximum Gasteiger partial charge on any atom is 0.416 e. The van der Waals surface area contributed by atoms with Crippen molar-refractivity contribution in [3.63, 3.8) is 0 Å². The zero-order valence-corrected chi connectivity index (χ0v) is 25.5. The van der Waals surface area contributed by atoms with Crippen LogP contribution in [0.4, 0.5) is 18.9 Å². The summed E-state index contributed by atoms with van der Waals surface area (Å²) in [5.41, 5.74) is -0.00809. The molecule has 0 aromatic heterocycles. The maximum absolute atomic E-state index is 13.7. The number of alkyl halides is 3. The molecule has 0 radical (unpaired) electrons. The zero-order chi connectivity index (χ0) is 31.9. The number of rotatable bonds is 10. The van der Waals surface area contributed by atoms with E-state index in [-0.39, 0.29) is 42.1 Å². The Hall–Kier alpha value is -3.57. The van der Waals surface area contributed by atoms with Gasteiger partial charge in [-0.15, -0.1) is 0 Å². The van der Waals surface area contributed by atoms with Gasteiger partial charge in [0.2, 0.25) is 11.9 Å². The number of aliphatic hydroxyl groups excluding tert-OH is 1. The number of nitrogens with zero attached hydrogens (tertiary/aromatic N) is 6. The third-order valence-corrected chi connectivity index (χ3v) is 8.06. The largest absolute Gasteiger partial charge is 0.490 e. The highest BCUT2D eigenvalue weighted by Crippen LogP contribution is 2.37. The molecule has 1 saturated heterocycles. The van der Waals surface area contributed by atoms with Gasteiger partial charge in [0, 0.05) is 25.6 Å². The van der Waals surface area contributed by atoms with Gasteiger partial charge in [-0.25, -0.2) is 10.0 Å². The number of hydrogen-bond donors (Lipinski definition) is 2. The van der Waals surface area contributed by atoms with Crippen LogP contribution in [-0.2, 0) is 11.0 Å². The number of nitrogens with one attached hydrogen (secondary N) is 1. The molecule has 0 spiro atoms. The lowest BCUT2D eigenvalue weighted by Gasteiger charge is -2.25. The molecule has 0 bridgehead atoms. The van der Waals surface area contributed by atoms with Crippen LogP contribution in [0.1, 0.15) is 30.9 Å². The summed E-state index contributed by atoms with van der Waals surface area (Å²) in [5, 5.41) is 28.0. The maximum atomic E-state index is 13.7. The predicted octanol–water partition coefficient (Wildman–Crippen LogP) is 4.72. The van der Waals surface area contributed by atoms with E-state index in [9.17, 15) is 28.3 Å². The molecule has 2 heterocycles. The van der Waals surface area contributed by atoms with Crippen LogP contribution < -0.4 is 10.1 Å². The molecule has 2 N–H and O–H groups in total. The van der Waals surface area contributed by atoms with Gasteiger partial charge in [-0.05, 0) is 68.8 Å². The number of halogens is 5. The lowest BCUT2D eigenvalue weighted by Crippen LogP contribution is -2.41. The van der Waals surface area contributed by atoms with Crippen molar-refractivity contribution in [3.05, 3.63) is 57.6 Å². The highest BCUT2D eigenvalue weighted by atomic mass is 35.5. The Balaban J connectivity index is 1.71. The van der Waals surface area contributed by atoms with Crippen LogP contribution in [0, 0.1) is 17.4 Å². The van der Waals surface area contributed by atoms with Crippen molar-refractivity contribution in [3.8, 4) is 11.9 Å². The van der Waals surface area contributed by atoms with Gasteiger partial charge >= 0.3 is 6.18 Å². The van der Waals surface area contributed by atoms with Gasteiger partial charge in [0.05, 0.1) is 27.9 Å². The summed E-state index contributed by atoms with van der Waals surface area (Å²) in [4.78, 5) is 20.4. The summed E-state index contributed by atoms with van der Waals surface area (Å²) in [5.74, 6) is -0.966. The topological polar surface area (TPSA) is 117 Å². The number of carbonyl (C=O) groups excluding carboxylic acids is 1. The molecular formula is C29H32Cl2F3N7O3. The van der Waals surface area contributed by atoms with E-state index in [1.165, 1.54) is 16.0 Å². The minimum atomic E-state index is -4.64. The van der Waals surface area contributed by atoms with Crippen molar-refractivity contribution in [2.45, 2.75) is 25.9 Å². The molecule has 0 saturated carbocycles. The summed E-state index contributed by atoms with van der Waals surface area (Å²) in [6.07, 6.45) is -0.684. The SMILES string of the molecule is CCN(CC1CN(C(=Nc2cc(C(F)(F)F)ccc2OCCN2CCCC2)NC#N)N=C1c1ccc(Cl)c(Cl)c1)C(=O)CO. The van der Waals surface area contributed by atoms with Crippen LogP contribution >= 0.6 is 23.2 Å². The van der Waals surface area contributed by atoms with Gasteiger partial charge < -0.3 is 14.7 Å². The van der Waals surface area contributed by atoms with Crippen LogP contribution in [-0.4, -0.2) is 90.0 Å². The molecule has 15 heteroatoms. The summed E-state index contributed by atoms with van der Waals surface area (Å²) >= 11 is 12.4. The number of hydrogen-bond acceptors (Lipinski definition) is 7. The van der Waals surface area contributed by atoms with Crippen LogP contribution in [0.25, 0.3) is 0 Å². The van der Waals surface area contributed by atoms with Gasteiger partial charge in [0.25, 0.3) is 0 Å². The Morgan fingerprint density at radius 1 is 1.23 bits per heavy atom. The van der Waals surface area contributed by atoms with Gasteiger partial charge in [-0.2, -0.15) is 23.5 Å². The van der Waals surface area contributed by atoms with Gasteiger partial charge in [0.15, 0.2) is 6.19 Å². The Morgan fingerprint density at radius 3 is 2.61 bits per heavy atom. The van der Waals surface area contributed by atoms with Crippen molar-refractivity contribution in [1.82, 2.24) is 20.1 Å². The number of aliphatic imine (C=N–C) groups is 1. The number of guanidine groups is 1. The van der Waals surface area contributed by atoms with Gasteiger partial charge in [-0.3, -0.25) is 15.0 Å². The predicted molar refractivity (Wildman–Crippen MR) is 161 cm³/mol. The molecule has 4 rings (SSSR count). The number of likely N-dealkylation sites (tertiary alicyclic amines) is 1. The molecule has 10 nitrogen and oxygen atoms in total. The number of aliphatic hydroxyl groups is 1. The smallest absolute Gasteiger partial charge is 0.416 e.